The molecule has 0 spiro atoms. The molecule has 1 N–H and O–H groups in total. The van der Waals surface area contributed by atoms with Crippen LogP contribution in [0.3, 0.4) is 0 Å². The Bertz CT molecular complexity index is 1330. The van der Waals surface area contributed by atoms with Gasteiger partial charge in [-0.05, 0) is 73.2 Å². The number of hydrogen-bond donors (Lipinski definition) is 1. The van der Waals surface area contributed by atoms with E-state index in [-0.39, 0.29) is 30.8 Å². The topological polar surface area (TPSA) is 105 Å². The van der Waals surface area contributed by atoms with Crippen molar-refractivity contribution in [1.82, 2.24) is 4.90 Å². The van der Waals surface area contributed by atoms with Crippen LogP contribution in [0.1, 0.15) is 29.3 Å². The molecule has 0 aromatic heterocycles. The van der Waals surface area contributed by atoms with E-state index in [0.717, 1.165) is 4.90 Å². The maximum absolute atomic E-state index is 13.5. The molecule has 1 fully saturated rings. The van der Waals surface area contributed by atoms with E-state index >= 15 is 0 Å². The zero-order valence-electron chi connectivity index (χ0n) is 20.8. The molecule has 4 rings (SSSR count). The fourth-order valence-electron chi connectivity index (χ4n) is 4.07. The number of urea groups is 1. The van der Waals surface area contributed by atoms with E-state index in [9.17, 15) is 23.6 Å². The van der Waals surface area contributed by atoms with Gasteiger partial charge in [0.05, 0.1) is 31.4 Å². The normalized spacial score (nSPS) is 14.8. The van der Waals surface area contributed by atoms with E-state index in [2.05, 4.69) is 5.32 Å². The molecule has 10 heteroatoms. The summed E-state index contributed by atoms with van der Waals surface area (Å²) >= 11 is 0. The second-order valence-corrected chi connectivity index (χ2v) is 8.47. The lowest BCUT2D eigenvalue weighted by Crippen LogP contribution is -2.46. The predicted molar refractivity (Wildman–Crippen MR) is 137 cm³/mol. The molecule has 3 aromatic rings. The number of rotatable bonds is 8. The third-order valence-corrected chi connectivity index (χ3v) is 6.00. The molecular weight excluding hydrogens is 493 g/mol. The number of halogens is 1. The van der Waals surface area contributed by atoms with Gasteiger partial charge in [-0.2, -0.15) is 0 Å². The van der Waals surface area contributed by atoms with Gasteiger partial charge >= 0.3 is 12.0 Å². The Morgan fingerprint density at radius 2 is 1.66 bits per heavy atom. The van der Waals surface area contributed by atoms with Crippen molar-refractivity contribution in [1.29, 1.82) is 0 Å². The number of amides is 4. The van der Waals surface area contributed by atoms with Crippen molar-refractivity contribution in [2.24, 2.45) is 0 Å². The first-order valence-electron chi connectivity index (χ1n) is 11.9. The molecule has 4 amide bonds. The summed E-state index contributed by atoms with van der Waals surface area (Å²) in [6.07, 6.45) is -0.240. The molecule has 0 unspecified atom stereocenters. The van der Waals surface area contributed by atoms with Crippen LogP contribution in [0, 0.1) is 5.82 Å². The largest absolute Gasteiger partial charge is 0.497 e. The smallest absolute Gasteiger partial charge is 0.338 e. The van der Waals surface area contributed by atoms with Gasteiger partial charge in [-0.15, -0.1) is 0 Å². The van der Waals surface area contributed by atoms with E-state index in [4.69, 9.17) is 9.47 Å². The molecule has 1 aliphatic heterocycles. The number of nitrogens with zero attached hydrogens (tertiary/aromatic N) is 2. The van der Waals surface area contributed by atoms with Crippen LogP contribution in [0.4, 0.5) is 20.6 Å². The average Bonchev–Trinajstić information content (AvgIpc) is 3.22. The van der Waals surface area contributed by atoms with Crippen LogP contribution in [0.5, 0.6) is 5.75 Å². The number of carbonyl (C=O) groups is 4. The molecule has 38 heavy (non-hydrogen) atoms. The summed E-state index contributed by atoms with van der Waals surface area (Å²) in [6, 6.07) is 16.4. The highest BCUT2D eigenvalue weighted by molar-refractivity contribution is 6.23. The Hall–Kier alpha value is -4.73. The van der Waals surface area contributed by atoms with E-state index in [1.165, 1.54) is 60.5 Å². The van der Waals surface area contributed by atoms with Crippen LogP contribution in [0.2, 0.25) is 0 Å². The number of methoxy groups -OCH3 is 1. The first kappa shape index (κ1) is 26.3. The lowest BCUT2D eigenvalue weighted by Gasteiger charge is -2.28. The number of imide groups is 1. The average molecular weight is 520 g/mol. The molecule has 1 heterocycles. The minimum Gasteiger partial charge on any atom is -0.497 e. The zero-order valence-corrected chi connectivity index (χ0v) is 20.8. The van der Waals surface area contributed by atoms with Crippen molar-refractivity contribution >= 4 is 35.2 Å². The number of carbonyl (C=O) groups excluding carboxylic acids is 4. The Kier molecular flexibility index (Phi) is 8.00. The summed E-state index contributed by atoms with van der Waals surface area (Å²) < 4.78 is 23.6. The summed E-state index contributed by atoms with van der Waals surface area (Å²) in [7, 11) is 1.52. The molecule has 0 aliphatic carbocycles. The van der Waals surface area contributed by atoms with Crippen LogP contribution in [-0.4, -0.2) is 48.5 Å². The summed E-state index contributed by atoms with van der Waals surface area (Å²) in [4.78, 5) is 54.0. The van der Waals surface area contributed by atoms with Crippen LogP contribution in [0.25, 0.3) is 0 Å². The standard InChI is InChI=1S/C28H26FN3O6/c1-3-38-27(35)19-6-12-22(13-7-19)32-25(33)16-24(26(32)34)31(17-18-4-8-20(29)9-5-18)28(36)30-21-10-14-23(37-2)15-11-21/h4-15,24H,3,16-17H2,1-2H3,(H,30,36)/t24-/m0/s1. The fourth-order valence-corrected chi connectivity index (χ4v) is 4.07. The number of nitrogens with one attached hydrogen (secondary N) is 1. The second-order valence-electron chi connectivity index (χ2n) is 8.47. The number of hydrogen-bond acceptors (Lipinski definition) is 6. The molecular formula is C28H26FN3O6. The number of ether oxygens (including phenoxy) is 2. The third-order valence-electron chi connectivity index (χ3n) is 6.00. The van der Waals surface area contributed by atoms with Gasteiger partial charge in [0.15, 0.2) is 0 Å². The molecule has 196 valence electrons. The van der Waals surface area contributed by atoms with Crippen LogP contribution in [0.15, 0.2) is 72.8 Å². The second kappa shape index (κ2) is 11.5. The lowest BCUT2D eigenvalue weighted by molar-refractivity contribution is -0.122. The summed E-state index contributed by atoms with van der Waals surface area (Å²) in [6.45, 7) is 1.87. The molecule has 0 radical (unpaired) electrons. The van der Waals surface area contributed by atoms with Crippen LogP contribution >= 0.6 is 0 Å². The maximum atomic E-state index is 13.5. The summed E-state index contributed by atoms with van der Waals surface area (Å²) in [5, 5.41) is 2.75. The highest BCUT2D eigenvalue weighted by Crippen LogP contribution is 2.28. The summed E-state index contributed by atoms with van der Waals surface area (Å²) in [5.74, 6) is -1.44. The van der Waals surface area contributed by atoms with Gasteiger partial charge in [-0.3, -0.25) is 9.59 Å². The van der Waals surface area contributed by atoms with Gasteiger partial charge in [-0.25, -0.2) is 18.9 Å². The van der Waals surface area contributed by atoms with Crippen molar-refractivity contribution in [2.75, 3.05) is 23.9 Å². The Labute approximate surface area is 218 Å². The van der Waals surface area contributed by atoms with Gasteiger partial charge in [0.2, 0.25) is 5.91 Å². The van der Waals surface area contributed by atoms with Crippen molar-refractivity contribution in [3.63, 3.8) is 0 Å². The van der Waals surface area contributed by atoms with Crippen molar-refractivity contribution < 1.29 is 33.0 Å². The lowest BCUT2D eigenvalue weighted by atomic mass is 10.1. The molecule has 1 saturated heterocycles. The zero-order chi connectivity index (χ0) is 27.2. The van der Waals surface area contributed by atoms with E-state index in [1.807, 2.05) is 0 Å². The minimum absolute atomic E-state index is 0.0401. The maximum Gasteiger partial charge on any atom is 0.338 e. The molecule has 1 aliphatic rings. The highest BCUT2D eigenvalue weighted by Gasteiger charge is 2.44. The fraction of sp³-hybridized carbons (Fsp3) is 0.214. The van der Waals surface area contributed by atoms with Crippen molar-refractivity contribution in [2.45, 2.75) is 25.9 Å². The van der Waals surface area contributed by atoms with Crippen molar-refractivity contribution in [3.05, 3.63) is 89.7 Å². The Morgan fingerprint density at radius 1 is 1.00 bits per heavy atom. The third kappa shape index (κ3) is 5.80. The Morgan fingerprint density at radius 3 is 2.26 bits per heavy atom. The highest BCUT2D eigenvalue weighted by atomic mass is 19.1. The number of esters is 1. The number of anilines is 2. The van der Waals surface area contributed by atoms with Gasteiger partial charge in [0, 0.05) is 12.2 Å². The van der Waals surface area contributed by atoms with E-state index < -0.39 is 35.7 Å². The van der Waals surface area contributed by atoms with Gasteiger partial charge in [0.1, 0.15) is 17.6 Å². The van der Waals surface area contributed by atoms with Crippen molar-refractivity contribution in [3.8, 4) is 5.75 Å². The first-order valence-corrected chi connectivity index (χ1v) is 11.9. The van der Waals surface area contributed by atoms with E-state index in [0.29, 0.717) is 17.0 Å². The van der Waals surface area contributed by atoms with E-state index in [1.54, 1.807) is 31.2 Å². The van der Waals surface area contributed by atoms with Crippen LogP contribution < -0.4 is 15.0 Å². The molecule has 0 bridgehead atoms. The van der Waals surface area contributed by atoms with Crippen LogP contribution in [-0.2, 0) is 20.9 Å². The molecule has 9 nitrogen and oxygen atoms in total. The van der Waals surface area contributed by atoms with Gasteiger partial charge in [-0.1, -0.05) is 12.1 Å². The monoisotopic (exact) mass is 519 g/mol. The quantitative estimate of drug-likeness (QED) is 0.350. The van der Waals surface area contributed by atoms with Gasteiger partial charge < -0.3 is 19.7 Å². The first-order chi connectivity index (χ1) is 18.3. The molecule has 3 aromatic carbocycles. The minimum atomic E-state index is -1.10. The number of benzene rings is 3. The molecule has 0 saturated carbocycles. The molecule has 1 atom stereocenters. The predicted octanol–water partition coefficient (Wildman–Crippen LogP) is 4.38. The Balaban J connectivity index is 1.59. The van der Waals surface area contributed by atoms with Gasteiger partial charge in [0.25, 0.3) is 5.91 Å². The SMILES string of the molecule is CCOC(=O)c1ccc(N2C(=O)C[C@H](N(Cc3ccc(F)cc3)C(=O)Nc3ccc(OC)cc3)C2=O)cc1. The summed E-state index contributed by atoms with van der Waals surface area (Å²) in [5.41, 5.74) is 1.59.